The topological polar surface area (TPSA) is 12.9 Å². The highest BCUT2D eigenvalue weighted by molar-refractivity contribution is 6.96. The Morgan fingerprint density at radius 3 is 1.72 bits per heavy atom. The van der Waals surface area contributed by atoms with Crippen LogP contribution in [0.5, 0.6) is 0 Å². The molecule has 9 rings (SSSR count). The van der Waals surface area contributed by atoms with Crippen LogP contribution in [0, 0.1) is 53.4 Å². The maximum absolute atomic E-state index is 5.34. The van der Waals surface area contributed by atoms with E-state index in [4.69, 9.17) is 4.98 Å². The van der Waals surface area contributed by atoms with Crippen LogP contribution in [0.25, 0.3) is 22.5 Å². The van der Waals surface area contributed by atoms with E-state index in [1.807, 2.05) is 0 Å². The molecule has 54 heavy (non-hydrogen) atoms. The van der Waals surface area contributed by atoms with Gasteiger partial charge in [0.25, 0.3) is 0 Å². The van der Waals surface area contributed by atoms with E-state index in [9.17, 15) is 0 Å². The van der Waals surface area contributed by atoms with Gasteiger partial charge in [0.1, 0.15) is 0 Å². The number of aryl methyl sites for hydroxylation is 6. The second-order valence-corrected chi connectivity index (χ2v) is 17.8. The van der Waals surface area contributed by atoms with Crippen molar-refractivity contribution in [3.05, 3.63) is 166 Å². The van der Waals surface area contributed by atoms with Crippen molar-refractivity contribution in [1.82, 2.24) is 4.98 Å². The molecule has 3 bridgehead atoms. The van der Waals surface area contributed by atoms with Crippen molar-refractivity contribution in [1.29, 1.82) is 0 Å². The van der Waals surface area contributed by atoms with Gasteiger partial charge in [-0.2, -0.15) is 0 Å². The van der Waals surface area contributed by atoms with E-state index in [-0.39, 0.29) is 12.1 Å². The monoisotopic (exact) mass is 703 g/mol. The van der Waals surface area contributed by atoms with E-state index in [1.165, 1.54) is 100 Å². The number of nitrogens with zero attached hydrogens (tertiary/aromatic N) is 1. The molecule has 5 aromatic carbocycles. The standard InChI is InChI=1S/C52H54BN/c1-34-25-36(3)49(37(4)26-34)53(50-38(5)27-35(2)28-39(50)6)46-17-10-13-41(29-46)48-19-11-18-47(54-48)40-20-22-45(23-21-40)51-24-12-14-42-30-52(33-51,32-43(42)31-51)44-15-8-7-9-16-44/h7-11,13,15-23,25-29,42-43H,12,14,24,30-33H2,1-6H3. The van der Waals surface area contributed by atoms with Crippen molar-refractivity contribution < 1.29 is 0 Å². The molecule has 3 aliphatic carbocycles. The molecule has 0 spiro atoms. The highest BCUT2D eigenvalue weighted by Crippen LogP contribution is 2.65. The first-order valence-electron chi connectivity index (χ1n) is 20.5. The molecular weight excluding hydrogens is 649 g/mol. The quantitative estimate of drug-likeness (QED) is 0.151. The smallest absolute Gasteiger partial charge is 0.242 e. The van der Waals surface area contributed by atoms with Crippen LogP contribution in [0.2, 0.25) is 0 Å². The van der Waals surface area contributed by atoms with Gasteiger partial charge in [-0.3, -0.25) is 0 Å². The molecule has 4 atom stereocenters. The predicted molar refractivity (Wildman–Crippen MR) is 230 cm³/mol. The van der Waals surface area contributed by atoms with E-state index in [0.29, 0.717) is 5.41 Å². The summed E-state index contributed by atoms with van der Waals surface area (Å²) in [5.41, 5.74) is 20.4. The molecule has 3 saturated carbocycles. The van der Waals surface area contributed by atoms with Gasteiger partial charge in [-0.05, 0) is 125 Å². The molecule has 3 fully saturated rings. The van der Waals surface area contributed by atoms with Crippen molar-refractivity contribution in [2.24, 2.45) is 11.8 Å². The SMILES string of the molecule is Cc1cc(C)c(B(c2cccc(-c3cccc(-c4ccc(C56CCCC7CC(c8ccccc8)(CC7C5)C6)cc4)n3)c2)c2c(C)cc(C)cc2C)c(C)c1. The lowest BCUT2D eigenvalue weighted by Crippen LogP contribution is -2.55. The van der Waals surface area contributed by atoms with Gasteiger partial charge in [0.05, 0.1) is 11.4 Å². The third-order valence-electron chi connectivity index (χ3n) is 14.0. The van der Waals surface area contributed by atoms with Gasteiger partial charge in [-0.25, -0.2) is 4.98 Å². The number of hydrogen-bond acceptors (Lipinski definition) is 1. The van der Waals surface area contributed by atoms with Crippen molar-refractivity contribution in [3.8, 4) is 22.5 Å². The number of benzene rings is 5. The Bertz CT molecular complexity index is 2250. The van der Waals surface area contributed by atoms with Crippen LogP contribution in [0.1, 0.15) is 89.5 Å². The first-order chi connectivity index (χ1) is 26.1. The van der Waals surface area contributed by atoms with Crippen molar-refractivity contribution in [3.63, 3.8) is 0 Å². The predicted octanol–water partition coefficient (Wildman–Crippen LogP) is 11.0. The Morgan fingerprint density at radius 2 is 1.07 bits per heavy atom. The van der Waals surface area contributed by atoms with Gasteiger partial charge in [0.2, 0.25) is 6.71 Å². The highest BCUT2D eigenvalue weighted by atomic mass is 14.7. The van der Waals surface area contributed by atoms with Gasteiger partial charge in [-0.1, -0.05) is 172 Å². The number of hydrogen-bond donors (Lipinski definition) is 0. The molecular formula is C52H54BN. The summed E-state index contributed by atoms with van der Waals surface area (Å²) in [6, 6.07) is 46.3. The van der Waals surface area contributed by atoms with Crippen molar-refractivity contribution in [2.45, 2.75) is 97.3 Å². The molecule has 3 aliphatic rings. The zero-order chi connectivity index (χ0) is 37.2. The summed E-state index contributed by atoms with van der Waals surface area (Å²) in [7, 11) is 0. The molecule has 0 saturated heterocycles. The lowest BCUT2D eigenvalue weighted by atomic mass is 9.34. The lowest BCUT2D eigenvalue weighted by molar-refractivity contribution is 0.177. The van der Waals surface area contributed by atoms with Crippen LogP contribution >= 0.6 is 0 Å². The van der Waals surface area contributed by atoms with Gasteiger partial charge >= 0.3 is 0 Å². The summed E-state index contributed by atoms with van der Waals surface area (Å²) < 4.78 is 0. The Kier molecular flexibility index (Phi) is 8.80. The minimum Gasteiger partial charge on any atom is -0.248 e. The molecule has 0 radical (unpaired) electrons. The zero-order valence-corrected chi connectivity index (χ0v) is 33.2. The molecule has 1 nitrogen and oxygen atoms in total. The fourth-order valence-corrected chi connectivity index (χ4v) is 12.1. The van der Waals surface area contributed by atoms with E-state index in [2.05, 4.69) is 163 Å². The Morgan fingerprint density at radius 1 is 0.519 bits per heavy atom. The molecule has 0 amide bonds. The lowest BCUT2D eigenvalue weighted by Gasteiger charge is -2.47. The summed E-state index contributed by atoms with van der Waals surface area (Å²) in [6.07, 6.45) is 9.52. The second-order valence-electron chi connectivity index (χ2n) is 17.8. The van der Waals surface area contributed by atoms with Crippen LogP contribution in [-0.2, 0) is 10.8 Å². The highest BCUT2D eigenvalue weighted by Gasteiger charge is 2.57. The minimum absolute atomic E-state index is 0.136. The Hall–Kier alpha value is -4.69. The van der Waals surface area contributed by atoms with Crippen LogP contribution in [-0.4, -0.2) is 11.7 Å². The summed E-state index contributed by atoms with van der Waals surface area (Å²) in [4.78, 5) is 5.34. The molecule has 270 valence electrons. The Balaban J connectivity index is 1.06. The second kappa shape index (κ2) is 13.6. The van der Waals surface area contributed by atoms with Crippen LogP contribution in [0.15, 0.2) is 121 Å². The maximum Gasteiger partial charge on any atom is 0.242 e. The molecule has 6 aromatic rings. The van der Waals surface area contributed by atoms with Gasteiger partial charge in [0, 0.05) is 5.56 Å². The van der Waals surface area contributed by atoms with Crippen molar-refractivity contribution in [2.75, 3.05) is 0 Å². The summed E-state index contributed by atoms with van der Waals surface area (Å²) >= 11 is 0. The molecule has 1 aromatic heterocycles. The summed E-state index contributed by atoms with van der Waals surface area (Å²) in [5.74, 6) is 1.75. The fraction of sp³-hybridized carbons (Fsp3) is 0.327. The van der Waals surface area contributed by atoms with Gasteiger partial charge < -0.3 is 0 Å². The van der Waals surface area contributed by atoms with E-state index < -0.39 is 0 Å². The van der Waals surface area contributed by atoms with Crippen LogP contribution < -0.4 is 16.4 Å². The summed E-state index contributed by atoms with van der Waals surface area (Å²) in [6.45, 7) is 13.7. The minimum atomic E-state index is 0.136. The molecule has 4 unspecified atom stereocenters. The third-order valence-corrected chi connectivity index (χ3v) is 14.0. The van der Waals surface area contributed by atoms with Crippen molar-refractivity contribution >= 4 is 23.1 Å². The van der Waals surface area contributed by atoms with E-state index in [1.54, 1.807) is 11.1 Å². The molecule has 1 heterocycles. The number of rotatable bonds is 7. The fourth-order valence-electron chi connectivity index (χ4n) is 12.1. The normalized spacial score (nSPS) is 23.0. The van der Waals surface area contributed by atoms with Crippen LogP contribution in [0.4, 0.5) is 0 Å². The first kappa shape index (κ1) is 35.0. The Labute approximate surface area is 324 Å². The molecule has 2 heteroatoms. The van der Waals surface area contributed by atoms with E-state index in [0.717, 1.165) is 28.8 Å². The maximum atomic E-state index is 5.34. The number of fused-ring (bicyclic) bond motifs is 2. The third kappa shape index (κ3) is 6.07. The largest absolute Gasteiger partial charge is 0.248 e. The zero-order valence-electron chi connectivity index (χ0n) is 33.2. The van der Waals surface area contributed by atoms with E-state index >= 15 is 0 Å². The van der Waals surface area contributed by atoms with Gasteiger partial charge in [0.15, 0.2) is 0 Å². The van der Waals surface area contributed by atoms with Crippen LogP contribution in [0.3, 0.4) is 0 Å². The average Bonchev–Trinajstić information content (AvgIpc) is 3.35. The molecule has 0 N–H and O–H groups in total. The first-order valence-corrected chi connectivity index (χ1v) is 20.5. The number of pyridine rings is 1. The molecule has 0 aliphatic heterocycles. The number of aromatic nitrogens is 1. The summed E-state index contributed by atoms with van der Waals surface area (Å²) in [5, 5.41) is 0. The van der Waals surface area contributed by atoms with Gasteiger partial charge in [-0.15, -0.1) is 0 Å². The average molecular weight is 704 g/mol.